The molecular formula is C17H16ClNO4. The fraction of sp³-hybridized carbons (Fsp3) is 0.235. The van der Waals surface area contributed by atoms with Crippen LogP contribution in [0.1, 0.15) is 41.3 Å². The van der Waals surface area contributed by atoms with Crippen LogP contribution in [0.2, 0.25) is 5.02 Å². The average molecular weight is 334 g/mol. The van der Waals surface area contributed by atoms with E-state index in [-0.39, 0.29) is 16.3 Å². The third kappa shape index (κ3) is 3.87. The molecule has 2 rings (SSSR count). The second-order valence-electron chi connectivity index (χ2n) is 5.48. The van der Waals surface area contributed by atoms with Gasteiger partial charge in [0.15, 0.2) is 0 Å². The summed E-state index contributed by atoms with van der Waals surface area (Å²) >= 11 is 5.94. The van der Waals surface area contributed by atoms with E-state index in [1.54, 1.807) is 12.1 Å². The molecule has 0 heterocycles. The highest BCUT2D eigenvalue weighted by Crippen LogP contribution is 2.26. The van der Waals surface area contributed by atoms with Gasteiger partial charge >= 0.3 is 5.97 Å². The number of nitrogens with zero attached hydrogens (tertiary/aromatic N) is 1. The number of nitro benzene ring substituents is 1. The zero-order chi connectivity index (χ0) is 17.1. The Kier molecular flexibility index (Phi) is 5.01. The molecule has 0 amide bonds. The van der Waals surface area contributed by atoms with E-state index in [2.05, 4.69) is 13.8 Å². The average Bonchev–Trinajstić information content (AvgIpc) is 2.46. The molecule has 0 radical (unpaired) electrons. The quantitative estimate of drug-likeness (QED) is 0.345. The first kappa shape index (κ1) is 17.0. The van der Waals surface area contributed by atoms with Crippen molar-refractivity contribution in [2.75, 3.05) is 0 Å². The normalized spacial score (nSPS) is 10.7. The van der Waals surface area contributed by atoms with Crippen LogP contribution in [0.25, 0.3) is 0 Å². The standard InChI is InChI=1S/C17H16ClNO4/c1-10(2)14-6-5-13(8-11(14)3)23-17(20)15-9-12(19(21)22)4-7-16(15)18/h4-10H,1-3H3. The highest BCUT2D eigenvalue weighted by Gasteiger charge is 2.18. The van der Waals surface area contributed by atoms with Crippen molar-refractivity contribution in [2.45, 2.75) is 26.7 Å². The maximum absolute atomic E-state index is 12.2. The van der Waals surface area contributed by atoms with Crippen molar-refractivity contribution in [3.8, 4) is 5.75 Å². The van der Waals surface area contributed by atoms with Crippen molar-refractivity contribution in [2.24, 2.45) is 0 Å². The third-order valence-electron chi connectivity index (χ3n) is 3.45. The Morgan fingerprint density at radius 2 is 1.91 bits per heavy atom. The summed E-state index contributed by atoms with van der Waals surface area (Å²) in [4.78, 5) is 22.4. The minimum absolute atomic E-state index is 0.0357. The summed E-state index contributed by atoms with van der Waals surface area (Å²) in [6.45, 7) is 6.10. The summed E-state index contributed by atoms with van der Waals surface area (Å²) in [5.41, 5.74) is 1.92. The molecule has 0 saturated heterocycles. The molecule has 0 bridgehead atoms. The Morgan fingerprint density at radius 1 is 1.22 bits per heavy atom. The predicted molar refractivity (Wildman–Crippen MR) is 88.3 cm³/mol. The molecule has 0 unspecified atom stereocenters. The Morgan fingerprint density at radius 3 is 2.48 bits per heavy atom. The fourth-order valence-electron chi connectivity index (χ4n) is 2.30. The summed E-state index contributed by atoms with van der Waals surface area (Å²) in [6.07, 6.45) is 0. The van der Waals surface area contributed by atoms with Crippen LogP contribution in [0.4, 0.5) is 5.69 Å². The number of benzene rings is 2. The first-order valence-electron chi connectivity index (χ1n) is 7.06. The lowest BCUT2D eigenvalue weighted by Crippen LogP contribution is -2.10. The molecule has 0 aliphatic rings. The highest BCUT2D eigenvalue weighted by molar-refractivity contribution is 6.33. The number of esters is 1. The van der Waals surface area contributed by atoms with Gasteiger partial charge in [0.1, 0.15) is 5.75 Å². The second-order valence-corrected chi connectivity index (χ2v) is 5.89. The fourth-order valence-corrected chi connectivity index (χ4v) is 2.50. The zero-order valence-electron chi connectivity index (χ0n) is 13.0. The van der Waals surface area contributed by atoms with Gasteiger partial charge in [-0.1, -0.05) is 31.5 Å². The van der Waals surface area contributed by atoms with Gasteiger partial charge in [0, 0.05) is 12.1 Å². The van der Waals surface area contributed by atoms with Gasteiger partial charge in [0.05, 0.1) is 15.5 Å². The van der Waals surface area contributed by atoms with Gasteiger partial charge in [0.2, 0.25) is 0 Å². The van der Waals surface area contributed by atoms with E-state index < -0.39 is 10.9 Å². The van der Waals surface area contributed by atoms with Gasteiger partial charge in [-0.3, -0.25) is 10.1 Å². The van der Waals surface area contributed by atoms with Crippen LogP contribution in [0.5, 0.6) is 5.75 Å². The number of carbonyl (C=O) groups excluding carboxylic acids is 1. The number of carbonyl (C=O) groups is 1. The molecule has 0 atom stereocenters. The van der Waals surface area contributed by atoms with Gasteiger partial charge < -0.3 is 4.74 Å². The lowest BCUT2D eigenvalue weighted by molar-refractivity contribution is -0.384. The molecule has 6 heteroatoms. The molecule has 0 aliphatic heterocycles. The van der Waals surface area contributed by atoms with E-state index in [9.17, 15) is 14.9 Å². The van der Waals surface area contributed by atoms with Gasteiger partial charge in [-0.15, -0.1) is 0 Å². The highest BCUT2D eigenvalue weighted by atomic mass is 35.5. The molecule has 2 aromatic rings. The number of halogens is 1. The van der Waals surface area contributed by atoms with Crippen LogP contribution in [0, 0.1) is 17.0 Å². The third-order valence-corrected chi connectivity index (χ3v) is 3.78. The first-order valence-corrected chi connectivity index (χ1v) is 7.44. The number of rotatable bonds is 4. The largest absolute Gasteiger partial charge is 0.423 e. The molecule has 0 spiro atoms. The summed E-state index contributed by atoms with van der Waals surface area (Å²) in [5.74, 6) is 0.0147. The smallest absolute Gasteiger partial charge is 0.345 e. The summed E-state index contributed by atoms with van der Waals surface area (Å²) in [5, 5.41) is 10.9. The van der Waals surface area contributed by atoms with Crippen LogP contribution >= 0.6 is 11.6 Å². The van der Waals surface area contributed by atoms with E-state index in [0.717, 1.165) is 17.2 Å². The Hall–Kier alpha value is -2.40. The molecule has 0 saturated carbocycles. The van der Waals surface area contributed by atoms with Crippen molar-refractivity contribution < 1.29 is 14.5 Å². The van der Waals surface area contributed by atoms with E-state index in [4.69, 9.17) is 16.3 Å². The van der Waals surface area contributed by atoms with Gasteiger partial charge in [-0.05, 0) is 42.2 Å². The Balaban J connectivity index is 2.27. The van der Waals surface area contributed by atoms with Crippen LogP contribution < -0.4 is 4.74 Å². The summed E-state index contributed by atoms with van der Waals surface area (Å²) < 4.78 is 5.29. The molecular weight excluding hydrogens is 318 g/mol. The van der Waals surface area contributed by atoms with Crippen LogP contribution in [0.3, 0.4) is 0 Å². The van der Waals surface area contributed by atoms with E-state index in [1.165, 1.54) is 12.1 Å². The number of non-ortho nitro benzene ring substituents is 1. The SMILES string of the molecule is Cc1cc(OC(=O)c2cc([N+](=O)[O-])ccc2Cl)ccc1C(C)C. The number of ether oxygens (including phenoxy) is 1. The van der Waals surface area contributed by atoms with E-state index in [0.29, 0.717) is 11.7 Å². The number of hydrogen-bond acceptors (Lipinski definition) is 4. The van der Waals surface area contributed by atoms with Gasteiger partial charge in [0.25, 0.3) is 5.69 Å². The Labute approximate surface area is 139 Å². The predicted octanol–water partition coefficient (Wildman–Crippen LogP) is 4.90. The number of aryl methyl sites for hydroxylation is 1. The molecule has 0 fully saturated rings. The molecule has 5 nitrogen and oxygen atoms in total. The number of hydrogen-bond donors (Lipinski definition) is 0. The van der Waals surface area contributed by atoms with Crippen LogP contribution in [0.15, 0.2) is 36.4 Å². The summed E-state index contributed by atoms with van der Waals surface area (Å²) in [6, 6.07) is 9.02. The minimum Gasteiger partial charge on any atom is -0.423 e. The second kappa shape index (κ2) is 6.79. The number of nitro groups is 1. The van der Waals surface area contributed by atoms with Crippen molar-refractivity contribution >= 4 is 23.3 Å². The summed E-state index contributed by atoms with van der Waals surface area (Å²) in [7, 11) is 0. The topological polar surface area (TPSA) is 69.4 Å². The minimum atomic E-state index is -0.726. The van der Waals surface area contributed by atoms with Gasteiger partial charge in [-0.25, -0.2) is 4.79 Å². The van der Waals surface area contributed by atoms with E-state index >= 15 is 0 Å². The maximum atomic E-state index is 12.2. The monoisotopic (exact) mass is 333 g/mol. The zero-order valence-corrected chi connectivity index (χ0v) is 13.8. The van der Waals surface area contributed by atoms with Crippen molar-refractivity contribution in [3.63, 3.8) is 0 Å². The maximum Gasteiger partial charge on any atom is 0.345 e. The van der Waals surface area contributed by atoms with Crippen molar-refractivity contribution in [1.29, 1.82) is 0 Å². The molecule has 0 aromatic heterocycles. The first-order chi connectivity index (χ1) is 10.8. The van der Waals surface area contributed by atoms with Crippen molar-refractivity contribution in [3.05, 3.63) is 68.2 Å². The van der Waals surface area contributed by atoms with Crippen LogP contribution in [-0.2, 0) is 0 Å². The van der Waals surface area contributed by atoms with Gasteiger partial charge in [-0.2, -0.15) is 0 Å². The molecule has 0 N–H and O–H groups in total. The van der Waals surface area contributed by atoms with E-state index in [1.807, 2.05) is 13.0 Å². The molecule has 0 aliphatic carbocycles. The van der Waals surface area contributed by atoms with Crippen molar-refractivity contribution in [1.82, 2.24) is 0 Å². The van der Waals surface area contributed by atoms with Crippen LogP contribution in [-0.4, -0.2) is 10.9 Å². The molecule has 23 heavy (non-hydrogen) atoms. The Bertz CT molecular complexity index is 771. The molecule has 2 aromatic carbocycles. The lowest BCUT2D eigenvalue weighted by Gasteiger charge is -2.12. The molecule has 120 valence electrons. The lowest BCUT2D eigenvalue weighted by atomic mass is 9.98.